The Labute approximate surface area is 148 Å². The highest BCUT2D eigenvalue weighted by atomic mass is 32.1. The topological polar surface area (TPSA) is 46.9 Å². The first-order valence-electron chi connectivity index (χ1n) is 8.96. The summed E-state index contributed by atoms with van der Waals surface area (Å²) >= 11 is 1.68. The van der Waals surface area contributed by atoms with Gasteiger partial charge in [-0.2, -0.15) is 0 Å². The monoisotopic (exact) mass is 345 g/mol. The van der Waals surface area contributed by atoms with Gasteiger partial charge in [-0.05, 0) is 43.2 Å². The molecule has 1 N–H and O–H groups in total. The molecule has 4 nitrogen and oxygen atoms in total. The molecular weight excluding hydrogens is 318 g/mol. The van der Waals surface area contributed by atoms with E-state index in [0.29, 0.717) is 0 Å². The van der Waals surface area contributed by atoms with Crippen LogP contribution in [0.2, 0.25) is 0 Å². The molecule has 2 aromatic rings. The van der Waals surface area contributed by atoms with Crippen LogP contribution in [0.3, 0.4) is 0 Å². The highest BCUT2D eigenvalue weighted by Crippen LogP contribution is 2.29. The molecule has 130 valence electrons. The fourth-order valence-electron chi connectivity index (χ4n) is 3.37. The smallest absolute Gasteiger partial charge is 0.261 e. The minimum absolute atomic E-state index is 0.0356. The molecule has 1 amide bonds. The third-order valence-corrected chi connectivity index (χ3v) is 6.05. The summed E-state index contributed by atoms with van der Waals surface area (Å²) in [6, 6.07) is 2.05. The molecule has 0 saturated heterocycles. The van der Waals surface area contributed by atoms with Crippen molar-refractivity contribution in [2.45, 2.75) is 58.4 Å². The Kier molecular flexibility index (Phi) is 5.39. The fourth-order valence-corrected chi connectivity index (χ4v) is 4.53. The van der Waals surface area contributed by atoms with Crippen molar-refractivity contribution in [3.05, 3.63) is 39.6 Å². The van der Waals surface area contributed by atoms with Gasteiger partial charge in [0.2, 0.25) is 0 Å². The molecule has 0 fully saturated rings. The summed E-state index contributed by atoms with van der Waals surface area (Å²) in [5.74, 6) is 1.23. The molecule has 0 aromatic carbocycles. The molecule has 1 unspecified atom stereocenters. The average molecular weight is 346 g/mol. The first kappa shape index (κ1) is 17.2. The van der Waals surface area contributed by atoms with Crippen molar-refractivity contribution in [1.82, 2.24) is 14.9 Å². The van der Waals surface area contributed by atoms with Crippen LogP contribution in [0, 0.1) is 5.92 Å². The lowest BCUT2D eigenvalue weighted by Crippen LogP contribution is -2.33. The number of amides is 1. The summed E-state index contributed by atoms with van der Waals surface area (Å²) in [6.45, 7) is 4.24. The normalized spacial score (nSPS) is 16.3. The standard InChI is InChI=1S/C19H27N3OS/c1-13(2)17(18-20-10-11-22(18)3)21-19(23)16-12-14-8-6-4-5-7-9-15(14)24-16/h10-13,17H,4-9H2,1-3H3,(H,21,23). The van der Waals surface area contributed by atoms with Gasteiger partial charge in [-0.25, -0.2) is 4.98 Å². The van der Waals surface area contributed by atoms with Gasteiger partial charge in [0.15, 0.2) is 0 Å². The number of nitrogens with one attached hydrogen (secondary N) is 1. The summed E-state index contributed by atoms with van der Waals surface area (Å²) in [5.41, 5.74) is 1.39. The SMILES string of the molecule is CC(C)C(NC(=O)c1cc2c(s1)CCCCCC2)c1nccn1C. The van der Waals surface area contributed by atoms with Crippen LogP contribution in [-0.2, 0) is 19.9 Å². The van der Waals surface area contributed by atoms with Crippen molar-refractivity contribution in [1.29, 1.82) is 0 Å². The third-order valence-electron chi connectivity index (χ3n) is 4.81. The minimum Gasteiger partial charge on any atom is -0.341 e. The van der Waals surface area contributed by atoms with Crippen molar-refractivity contribution in [2.75, 3.05) is 0 Å². The van der Waals surface area contributed by atoms with Crippen molar-refractivity contribution in [3.8, 4) is 0 Å². The van der Waals surface area contributed by atoms with Crippen LogP contribution >= 0.6 is 11.3 Å². The van der Waals surface area contributed by atoms with Crippen LogP contribution in [0.25, 0.3) is 0 Å². The number of rotatable bonds is 4. The number of hydrogen-bond donors (Lipinski definition) is 1. The van der Waals surface area contributed by atoms with E-state index in [0.717, 1.165) is 23.5 Å². The Morgan fingerprint density at radius 2 is 2.00 bits per heavy atom. The predicted octanol–water partition coefficient (Wildman–Crippen LogP) is 4.27. The second-order valence-electron chi connectivity index (χ2n) is 7.06. The Morgan fingerprint density at radius 1 is 1.25 bits per heavy atom. The molecule has 5 heteroatoms. The molecule has 0 aliphatic heterocycles. The van der Waals surface area contributed by atoms with E-state index in [4.69, 9.17) is 0 Å². The quantitative estimate of drug-likeness (QED) is 0.899. The van der Waals surface area contributed by atoms with Gasteiger partial charge in [0.05, 0.1) is 10.9 Å². The van der Waals surface area contributed by atoms with Crippen molar-refractivity contribution >= 4 is 17.2 Å². The number of thiophene rings is 1. The second kappa shape index (κ2) is 7.51. The van der Waals surface area contributed by atoms with E-state index in [1.165, 1.54) is 36.1 Å². The molecule has 0 spiro atoms. The summed E-state index contributed by atoms with van der Waals surface area (Å²) in [7, 11) is 1.97. The van der Waals surface area contributed by atoms with Gasteiger partial charge < -0.3 is 9.88 Å². The van der Waals surface area contributed by atoms with E-state index in [-0.39, 0.29) is 17.9 Å². The van der Waals surface area contributed by atoms with Gasteiger partial charge in [0.25, 0.3) is 5.91 Å². The summed E-state index contributed by atoms with van der Waals surface area (Å²) < 4.78 is 1.98. The van der Waals surface area contributed by atoms with Crippen LogP contribution in [0.15, 0.2) is 18.5 Å². The molecule has 1 aliphatic rings. The molecule has 0 saturated carbocycles. The van der Waals surface area contributed by atoms with Gasteiger partial charge in [0, 0.05) is 24.3 Å². The van der Waals surface area contributed by atoms with Crippen LogP contribution in [0.4, 0.5) is 0 Å². The van der Waals surface area contributed by atoms with Crippen molar-refractivity contribution < 1.29 is 4.79 Å². The summed E-state index contributed by atoms with van der Waals surface area (Å²) in [6.07, 6.45) is 11.1. The fraction of sp³-hybridized carbons (Fsp3) is 0.579. The molecule has 2 aromatic heterocycles. The molecule has 24 heavy (non-hydrogen) atoms. The Morgan fingerprint density at radius 3 is 2.67 bits per heavy atom. The van der Waals surface area contributed by atoms with E-state index in [9.17, 15) is 4.79 Å². The van der Waals surface area contributed by atoms with Gasteiger partial charge in [0.1, 0.15) is 5.82 Å². The average Bonchev–Trinajstić information content (AvgIpc) is 3.11. The van der Waals surface area contributed by atoms with Crippen molar-refractivity contribution in [3.63, 3.8) is 0 Å². The number of imidazole rings is 1. The zero-order valence-electron chi connectivity index (χ0n) is 14.8. The molecule has 0 radical (unpaired) electrons. The van der Waals surface area contributed by atoms with E-state index in [1.54, 1.807) is 17.5 Å². The summed E-state index contributed by atoms with van der Waals surface area (Å²) in [5, 5.41) is 3.20. The zero-order valence-corrected chi connectivity index (χ0v) is 15.7. The van der Waals surface area contributed by atoms with E-state index in [2.05, 4.69) is 30.2 Å². The number of fused-ring (bicyclic) bond motifs is 1. The maximum Gasteiger partial charge on any atom is 0.261 e. The van der Waals surface area contributed by atoms with E-state index >= 15 is 0 Å². The van der Waals surface area contributed by atoms with E-state index in [1.807, 2.05) is 17.8 Å². The van der Waals surface area contributed by atoms with Crippen LogP contribution in [0.1, 0.15) is 71.5 Å². The van der Waals surface area contributed by atoms with Crippen LogP contribution in [-0.4, -0.2) is 15.5 Å². The largest absolute Gasteiger partial charge is 0.341 e. The first-order valence-corrected chi connectivity index (χ1v) is 9.77. The molecule has 2 heterocycles. The maximum absolute atomic E-state index is 12.8. The van der Waals surface area contributed by atoms with E-state index < -0.39 is 0 Å². The van der Waals surface area contributed by atoms with Crippen LogP contribution in [0.5, 0.6) is 0 Å². The highest BCUT2D eigenvalue weighted by molar-refractivity contribution is 7.14. The lowest BCUT2D eigenvalue weighted by Gasteiger charge is -2.21. The highest BCUT2D eigenvalue weighted by Gasteiger charge is 2.24. The Balaban J connectivity index is 1.78. The zero-order chi connectivity index (χ0) is 17.1. The van der Waals surface area contributed by atoms with Gasteiger partial charge in [-0.3, -0.25) is 4.79 Å². The molecule has 3 rings (SSSR count). The third kappa shape index (κ3) is 3.72. The number of carbonyl (C=O) groups excluding carboxylic acids is 1. The predicted molar refractivity (Wildman–Crippen MR) is 98.4 cm³/mol. The van der Waals surface area contributed by atoms with Crippen molar-refractivity contribution in [2.24, 2.45) is 13.0 Å². The molecular formula is C19H27N3OS. The minimum atomic E-state index is -0.0674. The van der Waals surface area contributed by atoms with Crippen LogP contribution < -0.4 is 5.32 Å². The second-order valence-corrected chi connectivity index (χ2v) is 8.20. The Hall–Kier alpha value is -1.62. The number of aryl methyl sites for hydroxylation is 3. The van der Waals surface area contributed by atoms with Gasteiger partial charge in [-0.15, -0.1) is 11.3 Å². The maximum atomic E-state index is 12.8. The molecule has 0 bridgehead atoms. The lowest BCUT2D eigenvalue weighted by atomic mass is 9.99. The number of carbonyl (C=O) groups is 1. The van der Waals surface area contributed by atoms with Gasteiger partial charge in [-0.1, -0.05) is 26.7 Å². The first-order chi connectivity index (χ1) is 11.6. The number of nitrogens with zero attached hydrogens (tertiary/aromatic N) is 2. The number of hydrogen-bond acceptors (Lipinski definition) is 3. The molecule has 1 aliphatic carbocycles. The molecule has 1 atom stereocenters. The summed E-state index contributed by atoms with van der Waals surface area (Å²) in [4.78, 5) is 19.5. The Bertz CT molecular complexity index is 676. The lowest BCUT2D eigenvalue weighted by molar-refractivity contribution is 0.0926. The van der Waals surface area contributed by atoms with Gasteiger partial charge >= 0.3 is 0 Å². The number of aromatic nitrogens is 2.